The van der Waals surface area contributed by atoms with E-state index in [1.165, 1.54) is 25.0 Å². The van der Waals surface area contributed by atoms with Crippen LogP contribution in [-0.2, 0) is 14.8 Å². The van der Waals surface area contributed by atoms with Crippen molar-refractivity contribution >= 4 is 16.1 Å². The maximum atomic E-state index is 12.8. The fraction of sp³-hybridized carbons (Fsp3) is 0.800. The van der Waals surface area contributed by atoms with E-state index in [0.29, 0.717) is 41.9 Å². The van der Waals surface area contributed by atoms with Gasteiger partial charge in [-0.3, -0.25) is 0 Å². The largest absolute Gasteiger partial charge is 0.493 e. The first-order chi connectivity index (χ1) is 20.9. The average Bonchev–Trinajstić information content (AvgIpc) is 3.75. The summed E-state index contributed by atoms with van der Waals surface area (Å²) in [6.07, 6.45) is 8.69. The van der Waals surface area contributed by atoms with Gasteiger partial charge in [0.1, 0.15) is 5.75 Å². The molecule has 11 atom stereocenters. The Kier molecular flexibility index (Phi) is 8.81. The summed E-state index contributed by atoms with van der Waals surface area (Å²) in [6, 6.07) is 6.11. The molecule has 1 aromatic rings. The minimum atomic E-state index is -4.06. The number of carbonyl (C=O) groups excluding carboxylic acids is 1. The molecule has 0 bridgehead atoms. The van der Waals surface area contributed by atoms with Crippen LogP contribution >= 0.6 is 0 Å². The lowest BCUT2D eigenvalue weighted by atomic mass is 9.41. The number of nitrogens with one attached hydrogen (secondary N) is 1. The Morgan fingerprint density at radius 1 is 0.977 bits per heavy atom. The average molecular weight is 632 g/mol. The second-order valence-corrected chi connectivity index (χ2v) is 17.2. The molecule has 3 N–H and O–H groups in total. The molecule has 246 valence electrons. The lowest BCUT2D eigenvalue weighted by Gasteiger charge is -2.64. The Balaban J connectivity index is 1.07. The summed E-state index contributed by atoms with van der Waals surface area (Å²) in [5.41, 5.74) is 0.192. The molecule has 44 heavy (non-hydrogen) atoms. The van der Waals surface area contributed by atoms with Crippen molar-refractivity contribution < 1.29 is 32.9 Å². The predicted molar refractivity (Wildman–Crippen MR) is 167 cm³/mol. The van der Waals surface area contributed by atoms with Crippen LogP contribution < -0.4 is 9.46 Å². The lowest BCUT2D eigenvalue weighted by molar-refractivity contribution is -0.203. The third-order valence-corrected chi connectivity index (χ3v) is 14.5. The number of ether oxygens (including phenoxy) is 2. The Morgan fingerprint density at radius 3 is 2.34 bits per heavy atom. The fourth-order valence-corrected chi connectivity index (χ4v) is 11.6. The van der Waals surface area contributed by atoms with Gasteiger partial charge in [-0.15, -0.1) is 0 Å². The van der Waals surface area contributed by atoms with Gasteiger partial charge in [0, 0.05) is 0 Å². The van der Waals surface area contributed by atoms with E-state index in [1.54, 1.807) is 12.1 Å². The van der Waals surface area contributed by atoms with E-state index in [4.69, 9.17) is 9.47 Å². The number of carbonyl (C=O) groups is 1. The van der Waals surface area contributed by atoms with Gasteiger partial charge in [0.05, 0.1) is 30.3 Å². The van der Waals surface area contributed by atoms with Crippen LogP contribution in [0.15, 0.2) is 29.2 Å². The molecule has 8 nitrogen and oxygen atoms in total. The molecule has 1 aromatic carbocycles. The van der Waals surface area contributed by atoms with Crippen molar-refractivity contribution in [3.63, 3.8) is 0 Å². The lowest BCUT2D eigenvalue weighted by Crippen LogP contribution is -2.62. The molecule has 6 rings (SSSR count). The third kappa shape index (κ3) is 5.79. The smallest absolute Gasteiger partial charge is 0.421 e. The number of sulfonamides is 1. The fourth-order valence-electron chi connectivity index (χ4n) is 10.7. The summed E-state index contributed by atoms with van der Waals surface area (Å²) in [4.78, 5) is 12.7. The third-order valence-electron chi connectivity index (χ3n) is 13.2. The topological polar surface area (TPSA) is 122 Å². The van der Waals surface area contributed by atoms with Gasteiger partial charge in [0.15, 0.2) is 0 Å². The highest BCUT2D eigenvalue weighted by Crippen LogP contribution is 2.69. The number of aliphatic hydroxyl groups excluding tert-OH is 2. The highest BCUT2D eigenvalue weighted by molar-refractivity contribution is 7.90. The first-order valence-electron chi connectivity index (χ1n) is 17.2. The number of hydrogen-bond acceptors (Lipinski definition) is 7. The van der Waals surface area contributed by atoms with E-state index < -0.39 is 16.1 Å². The molecular formula is C35H53NO7S. The minimum Gasteiger partial charge on any atom is -0.493 e. The second kappa shape index (κ2) is 12.1. The van der Waals surface area contributed by atoms with Gasteiger partial charge in [-0.1, -0.05) is 34.1 Å². The Labute approximate surface area is 263 Å². The van der Waals surface area contributed by atoms with Crippen molar-refractivity contribution in [2.75, 3.05) is 13.2 Å². The zero-order chi connectivity index (χ0) is 31.4. The van der Waals surface area contributed by atoms with Crippen LogP contribution in [0.5, 0.6) is 5.75 Å². The molecule has 9 heteroatoms. The Bertz CT molecular complexity index is 1300. The number of rotatable bonds is 9. The van der Waals surface area contributed by atoms with Crippen LogP contribution in [0.2, 0.25) is 0 Å². The zero-order valence-electron chi connectivity index (χ0n) is 26.9. The first kappa shape index (κ1) is 32.1. The van der Waals surface area contributed by atoms with Gasteiger partial charge in [-0.05, 0) is 140 Å². The van der Waals surface area contributed by atoms with Crippen molar-refractivity contribution in [3.05, 3.63) is 24.3 Å². The van der Waals surface area contributed by atoms with Crippen LogP contribution in [0.25, 0.3) is 0 Å². The van der Waals surface area contributed by atoms with Crippen molar-refractivity contribution in [1.82, 2.24) is 4.72 Å². The van der Waals surface area contributed by atoms with E-state index in [9.17, 15) is 23.4 Å². The molecule has 5 aliphatic rings. The van der Waals surface area contributed by atoms with Crippen LogP contribution in [0.3, 0.4) is 0 Å². The summed E-state index contributed by atoms with van der Waals surface area (Å²) in [6.45, 7) is 9.93. The molecule has 0 aliphatic heterocycles. The summed E-state index contributed by atoms with van der Waals surface area (Å²) in [7, 11) is -4.06. The minimum absolute atomic E-state index is 0.0102. The maximum Gasteiger partial charge on any atom is 0.421 e. The number of amides is 1. The van der Waals surface area contributed by atoms with Gasteiger partial charge in [0.25, 0.3) is 10.0 Å². The van der Waals surface area contributed by atoms with E-state index in [1.807, 2.05) is 0 Å². The highest BCUT2D eigenvalue weighted by Gasteiger charge is 2.65. The molecule has 0 radical (unpaired) electrons. The SMILES string of the molecule is CC[C@H]1[C@@H](O)[C@@H]2[C@H](CC[C@]3(C)[C@@H]([C@H](C)COC(=O)NS(=O)(=O)c4ccc(OCC5CC5)cc4)CC[C@@H]23)[C@@]2(C)CC[C@@H](O)C[C@@H]12. The van der Waals surface area contributed by atoms with Crippen LogP contribution in [-0.4, -0.2) is 50.1 Å². The van der Waals surface area contributed by atoms with Crippen LogP contribution in [0.1, 0.15) is 91.9 Å². The Hall–Kier alpha value is -1.84. The van der Waals surface area contributed by atoms with Crippen LogP contribution in [0.4, 0.5) is 4.79 Å². The second-order valence-electron chi connectivity index (χ2n) is 15.5. The Morgan fingerprint density at radius 2 is 1.66 bits per heavy atom. The monoisotopic (exact) mass is 631 g/mol. The molecule has 0 saturated heterocycles. The molecular weight excluding hydrogens is 578 g/mol. The maximum absolute atomic E-state index is 12.8. The molecule has 0 unspecified atom stereocenters. The van der Waals surface area contributed by atoms with Crippen molar-refractivity contribution in [1.29, 1.82) is 0 Å². The number of fused-ring (bicyclic) bond motifs is 5. The van der Waals surface area contributed by atoms with E-state index in [-0.39, 0.29) is 52.3 Å². The number of hydrogen-bond donors (Lipinski definition) is 3. The van der Waals surface area contributed by atoms with E-state index >= 15 is 0 Å². The number of benzene rings is 1. The molecule has 0 spiro atoms. The normalized spacial score (nSPS) is 40.7. The summed E-state index contributed by atoms with van der Waals surface area (Å²) in [5, 5.41) is 22.5. The number of aliphatic hydroxyl groups is 2. The van der Waals surface area contributed by atoms with Crippen molar-refractivity contribution in [3.8, 4) is 5.75 Å². The van der Waals surface area contributed by atoms with E-state index in [0.717, 1.165) is 51.4 Å². The molecule has 1 amide bonds. The first-order valence-corrected chi connectivity index (χ1v) is 18.6. The van der Waals surface area contributed by atoms with Gasteiger partial charge < -0.3 is 19.7 Å². The molecule has 0 heterocycles. The van der Waals surface area contributed by atoms with Crippen LogP contribution in [0, 0.1) is 58.2 Å². The standard InChI is InChI=1S/C35H53NO7S/c1-5-26-30-18-23(37)14-16-35(30,4)29-15-17-34(3)27(12-13-28(34)31(29)32(26)38)21(2)19-43-33(39)36-44(40,41)25-10-8-24(9-11-25)42-20-22-6-7-22/h8-11,21-23,26-32,37-38H,5-7,12-20H2,1-4H3,(H,36,39)/t21-,23-,26-,27-,28+,29+,30+,31+,32-,34-,35-/m1/s1. The van der Waals surface area contributed by atoms with E-state index in [2.05, 4.69) is 32.4 Å². The molecule has 5 aliphatic carbocycles. The highest BCUT2D eigenvalue weighted by atomic mass is 32.2. The van der Waals surface area contributed by atoms with Crippen molar-refractivity contribution in [2.24, 2.45) is 58.2 Å². The van der Waals surface area contributed by atoms with Gasteiger partial charge >= 0.3 is 6.09 Å². The summed E-state index contributed by atoms with van der Waals surface area (Å²) >= 11 is 0. The summed E-state index contributed by atoms with van der Waals surface area (Å²) in [5.74, 6) is 3.32. The molecule has 5 saturated carbocycles. The summed E-state index contributed by atoms with van der Waals surface area (Å²) < 4.78 is 39.0. The van der Waals surface area contributed by atoms with Crippen molar-refractivity contribution in [2.45, 2.75) is 109 Å². The molecule has 5 fully saturated rings. The van der Waals surface area contributed by atoms with Gasteiger partial charge in [-0.2, -0.15) is 0 Å². The van der Waals surface area contributed by atoms with Gasteiger partial charge in [-0.25, -0.2) is 17.9 Å². The molecule has 0 aromatic heterocycles. The zero-order valence-corrected chi connectivity index (χ0v) is 27.7. The van der Waals surface area contributed by atoms with Gasteiger partial charge in [0.2, 0.25) is 0 Å². The quantitative estimate of drug-likeness (QED) is 0.299. The predicted octanol–water partition coefficient (Wildman–Crippen LogP) is 6.15.